The summed E-state index contributed by atoms with van der Waals surface area (Å²) in [6, 6.07) is 4.44. The predicted molar refractivity (Wildman–Crippen MR) is 76.9 cm³/mol. The Morgan fingerprint density at radius 1 is 1.32 bits per heavy atom. The summed E-state index contributed by atoms with van der Waals surface area (Å²) in [7, 11) is 1.49. The smallest absolute Gasteiger partial charge is 0.322 e. The van der Waals surface area contributed by atoms with Crippen LogP contribution in [0.5, 0.6) is 6.01 Å². The van der Waals surface area contributed by atoms with E-state index in [0.717, 1.165) is 0 Å². The minimum absolute atomic E-state index is 0.114. The van der Waals surface area contributed by atoms with Crippen LogP contribution in [-0.4, -0.2) is 22.1 Å². The number of nitrogens with one attached hydrogen (secondary N) is 1. The standard InChI is InChI=1S/C12H15ClN4OS/c1-7(2)9(8-5-4-6-19-8)14-11-15-10(13)16-12(17-11)18-3/h4-7,9H,1-3H3,(H,14,15,16,17). The molecule has 1 atom stereocenters. The van der Waals surface area contributed by atoms with Crippen LogP contribution in [0.15, 0.2) is 17.5 Å². The largest absolute Gasteiger partial charge is 0.467 e. The van der Waals surface area contributed by atoms with E-state index in [4.69, 9.17) is 16.3 Å². The molecule has 0 spiro atoms. The van der Waals surface area contributed by atoms with Gasteiger partial charge in [0.1, 0.15) is 0 Å². The first-order valence-corrected chi connectivity index (χ1v) is 7.11. The van der Waals surface area contributed by atoms with Crippen molar-refractivity contribution in [3.63, 3.8) is 0 Å². The number of halogens is 1. The summed E-state index contributed by atoms with van der Waals surface area (Å²) in [6.07, 6.45) is 0. The molecular formula is C12H15ClN4OS. The fraction of sp³-hybridized carbons (Fsp3) is 0.417. The molecule has 0 saturated heterocycles. The quantitative estimate of drug-likeness (QED) is 0.916. The summed E-state index contributed by atoms with van der Waals surface area (Å²) in [5, 5.41) is 5.44. The van der Waals surface area contributed by atoms with Gasteiger partial charge >= 0.3 is 6.01 Å². The van der Waals surface area contributed by atoms with Crippen LogP contribution in [0.4, 0.5) is 5.95 Å². The monoisotopic (exact) mass is 298 g/mol. The molecule has 0 aliphatic heterocycles. The Balaban J connectivity index is 2.24. The van der Waals surface area contributed by atoms with E-state index in [1.807, 2.05) is 11.4 Å². The van der Waals surface area contributed by atoms with Crippen molar-refractivity contribution in [2.24, 2.45) is 5.92 Å². The van der Waals surface area contributed by atoms with Gasteiger partial charge in [-0.15, -0.1) is 11.3 Å². The Hall–Kier alpha value is -1.40. The van der Waals surface area contributed by atoms with Gasteiger partial charge in [-0.2, -0.15) is 15.0 Å². The van der Waals surface area contributed by atoms with Crippen molar-refractivity contribution in [2.75, 3.05) is 12.4 Å². The maximum absolute atomic E-state index is 5.84. The lowest BCUT2D eigenvalue weighted by atomic mass is 10.0. The zero-order valence-corrected chi connectivity index (χ0v) is 12.5. The molecule has 102 valence electrons. The molecule has 2 aromatic rings. The zero-order valence-electron chi connectivity index (χ0n) is 10.9. The lowest BCUT2D eigenvalue weighted by molar-refractivity contribution is 0.378. The highest BCUT2D eigenvalue weighted by Crippen LogP contribution is 2.29. The van der Waals surface area contributed by atoms with Crippen LogP contribution in [0, 0.1) is 5.92 Å². The molecule has 0 aliphatic carbocycles. The molecule has 0 fully saturated rings. The number of ether oxygens (including phenoxy) is 1. The first-order valence-electron chi connectivity index (χ1n) is 5.85. The first kappa shape index (κ1) is 14.0. The number of rotatable bonds is 5. The zero-order chi connectivity index (χ0) is 13.8. The van der Waals surface area contributed by atoms with Crippen LogP contribution in [0.2, 0.25) is 5.28 Å². The van der Waals surface area contributed by atoms with E-state index in [2.05, 4.69) is 40.2 Å². The van der Waals surface area contributed by atoms with Crippen LogP contribution < -0.4 is 10.1 Å². The van der Waals surface area contributed by atoms with Crippen LogP contribution in [0.3, 0.4) is 0 Å². The highest BCUT2D eigenvalue weighted by molar-refractivity contribution is 7.10. The number of nitrogens with zero attached hydrogens (tertiary/aromatic N) is 3. The third-order valence-corrected chi connectivity index (χ3v) is 3.70. The lowest BCUT2D eigenvalue weighted by Crippen LogP contribution is -2.17. The van der Waals surface area contributed by atoms with Gasteiger partial charge in [0.25, 0.3) is 0 Å². The summed E-state index contributed by atoms with van der Waals surface area (Å²) in [5.41, 5.74) is 0. The van der Waals surface area contributed by atoms with Crippen LogP contribution in [0.1, 0.15) is 24.8 Å². The van der Waals surface area contributed by atoms with Gasteiger partial charge in [0.15, 0.2) is 0 Å². The Bertz CT molecular complexity index is 533. The van der Waals surface area contributed by atoms with E-state index in [9.17, 15) is 0 Å². The van der Waals surface area contributed by atoms with Gasteiger partial charge in [0.2, 0.25) is 11.2 Å². The topological polar surface area (TPSA) is 59.9 Å². The molecular weight excluding hydrogens is 284 g/mol. The number of anilines is 1. The summed E-state index contributed by atoms with van der Waals surface area (Å²) in [6.45, 7) is 4.27. The molecule has 1 unspecified atom stereocenters. The van der Waals surface area contributed by atoms with Crippen molar-refractivity contribution in [1.29, 1.82) is 0 Å². The van der Waals surface area contributed by atoms with Crippen molar-refractivity contribution in [1.82, 2.24) is 15.0 Å². The molecule has 2 aromatic heterocycles. The average Bonchev–Trinajstić information content (AvgIpc) is 2.88. The second-order valence-electron chi connectivity index (χ2n) is 4.30. The van der Waals surface area contributed by atoms with Gasteiger partial charge in [-0.1, -0.05) is 19.9 Å². The van der Waals surface area contributed by atoms with Gasteiger partial charge in [0, 0.05) is 4.88 Å². The normalized spacial score (nSPS) is 12.5. The SMILES string of the molecule is COc1nc(Cl)nc(NC(c2cccs2)C(C)C)n1. The van der Waals surface area contributed by atoms with E-state index in [1.54, 1.807) is 11.3 Å². The number of hydrogen-bond donors (Lipinski definition) is 1. The maximum atomic E-state index is 5.84. The molecule has 2 heterocycles. The fourth-order valence-corrected chi connectivity index (χ4v) is 2.76. The molecule has 0 aliphatic rings. The Morgan fingerprint density at radius 3 is 2.68 bits per heavy atom. The summed E-state index contributed by atoms with van der Waals surface area (Å²) in [5.74, 6) is 0.809. The molecule has 19 heavy (non-hydrogen) atoms. The second kappa shape index (κ2) is 6.16. The molecule has 0 bridgehead atoms. The van der Waals surface area contributed by atoms with E-state index < -0.39 is 0 Å². The van der Waals surface area contributed by atoms with E-state index in [0.29, 0.717) is 11.9 Å². The predicted octanol–water partition coefficient (Wildman–Crippen LogP) is 3.40. The van der Waals surface area contributed by atoms with Crippen LogP contribution in [0.25, 0.3) is 0 Å². The summed E-state index contributed by atoms with van der Waals surface area (Å²) >= 11 is 7.53. The average molecular weight is 299 g/mol. The van der Waals surface area contributed by atoms with Gasteiger partial charge in [-0.3, -0.25) is 0 Å². The van der Waals surface area contributed by atoms with Crippen molar-refractivity contribution in [3.8, 4) is 6.01 Å². The summed E-state index contributed by atoms with van der Waals surface area (Å²) < 4.78 is 4.98. The lowest BCUT2D eigenvalue weighted by Gasteiger charge is -2.21. The van der Waals surface area contributed by atoms with Crippen LogP contribution in [-0.2, 0) is 0 Å². The van der Waals surface area contributed by atoms with Gasteiger partial charge in [0.05, 0.1) is 13.2 Å². The highest BCUT2D eigenvalue weighted by Gasteiger charge is 2.18. The molecule has 0 aromatic carbocycles. The highest BCUT2D eigenvalue weighted by atomic mass is 35.5. The van der Waals surface area contributed by atoms with E-state index in [1.165, 1.54) is 12.0 Å². The maximum Gasteiger partial charge on any atom is 0.322 e. The second-order valence-corrected chi connectivity index (χ2v) is 5.61. The molecule has 0 amide bonds. The Morgan fingerprint density at radius 2 is 2.11 bits per heavy atom. The third kappa shape index (κ3) is 3.54. The number of thiophene rings is 1. The van der Waals surface area contributed by atoms with Gasteiger partial charge in [-0.25, -0.2) is 0 Å². The number of methoxy groups -OCH3 is 1. The van der Waals surface area contributed by atoms with Crippen LogP contribution >= 0.6 is 22.9 Å². The van der Waals surface area contributed by atoms with Crippen molar-refractivity contribution in [2.45, 2.75) is 19.9 Å². The molecule has 0 radical (unpaired) electrons. The fourth-order valence-electron chi connectivity index (χ4n) is 1.66. The molecule has 1 N–H and O–H groups in total. The number of hydrogen-bond acceptors (Lipinski definition) is 6. The number of aromatic nitrogens is 3. The minimum Gasteiger partial charge on any atom is -0.467 e. The van der Waals surface area contributed by atoms with Crippen molar-refractivity contribution in [3.05, 3.63) is 27.7 Å². The molecule has 7 heteroatoms. The van der Waals surface area contributed by atoms with Crippen molar-refractivity contribution >= 4 is 28.9 Å². The minimum atomic E-state index is 0.114. The third-order valence-electron chi connectivity index (χ3n) is 2.57. The summed E-state index contributed by atoms with van der Waals surface area (Å²) in [4.78, 5) is 13.3. The first-order chi connectivity index (χ1) is 9.10. The van der Waals surface area contributed by atoms with Gasteiger partial charge < -0.3 is 10.1 Å². The van der Waals surface area contributed by atoms with E-state index in [-0.39, 0.29) is 17.3 Å². The van der Waals surface area contributed by atoms with Crippen molar-refractivity contribution < 1.29 is 4.74 Å². The molecule has 2 rings (SSSR count). The Labute approximate surface area is 121 Å². The Kier molecular flexibility index (Phi) is 4.55. The molecule has 5 nitrogen and oxygen atoms in total. The van der Waals surface area contributed by atoms with Gasteiger partial charge in [-0.05, 0) is 29.0 Å². The molecule has 0 saturated carbocycles. The van der Waals surface area contributed by atoms with E-state index >= 15 is 0 Å².